The number of carbonyl (C=O) groups excluding carboxylic acids is 2. The Morgan fingerprint density at radius 3 is 2.29 bits per heavy atom. The summed E-state index contributed by atoms with van der Waals surface area (Å²) in [5.41, 5.74) is 0.752. The van der Waals surface area contributed by atoms with E-state index in [0.717, 1.165) is 11.6 Å². The van der Waals surface area contributed by atoms with Gasteiger partial charge in [0.2, 0.25) is 10.0 Å². The van der Waals surface area contributed by atoms with Crippen molar-refractivity contribution < 1.29 is 27.5 Å². The summed E-state index contributed by atoms with van der Waals surface area (Å²) in [6, 6.07) is 12.6. The smallest absolute Gasteiger partial charge is 0.342 e. The van der Waals surface area contributed by atoms with Crippen molar-refractivity contribution in [2.75, 3.05) is 7.11 Å². The Morgan fingerprint density at radius 1 is 1.07 bits per heavy atom. The number of amides is 1. The summed E-state index contributed by atoms with van der Waals surface area (Å²) in [6.45, 7) is 3.22. The molecule has 8 nitrogen and oxygen atoms in total. The van der Waals surface area contributed by atoms with Gasteiger partial charge < -0.3 is 14.8 Å². The zero-order valence-electron chi connectivity index (χ0n) is 15.7. The molecule has 3 N–H and O–H groups in total. The van der Waals surface area contributed by atoms with E-state index in [9.17, 15) is 18.0 Å². The van der Waals surface area contributed by atoms with Crippen LogP contribution in [0.25, 0.3) is 0 Å². The van der Waals surface area contributed by atoms with E-state index in [4.69, 9.17) is 14.6 Å². The maximum absolute atomic E-state index is 12.5. The zero-order valence-corrected chi connectivity index (χ0v) is 16.5. The van der Waals surface area contributed by atoms with Gasteiger partial charge >= 0.3 is 5.97 Å². The van der Waals surface area contributed by atoms with Crippen LogP contribution in [0.2, 0.25) is 0 Å². The van der Waals surface area contributed by atoms with E-state index in [-0.39, 0.29) is 22.3 Å². The minimum absolute atomic E-state index is 0.0997. The molecular weight excluding hydrogens is 384 g/mol. The van der Waals surface area contributed by atoms with Crippen molar-refractivity contribution >= 4 is 21.9 Å². The van der Waals surface area contributed by atoms with E-state index >= 15 is 0 Å². The first-order valence-electron chi connectivity index (χ1n) is 8.40. The van der Waals surface area contributed by atoms with E-state index in [1.54, 1.807) is 6.92 Å². The second-order valence-corrected chi connectivity index (χ2v) is 7.66. The fourth-order valence-corrected chi connectivity index (χ4v) is 3.00. The SMILES string of the molecule is COc1ccc(S(N)(=O)=O)cc1C(=O)OC(C)C(=O)NC(C)c1ccccc1. The third kappa shape index (κ3) is 5.30. The van der Waals surface area contributed by atoms with Crippen molar-refractivity contribution in [3.63, 3.8) is 0 Å². The number of rotatable bonds is 7. The van der Waals surface area contributed by atoms with Gasteiger partial charge in [-0.1, -0.05) is 30.3 Å². The van der Waals surface area contributed by atoms with E-state index in [1.807, 2.05) is 30.3 Å². The van der Waals surface area contributed by atoms with Crippen LogP contribution in [0.3, 0.4) is 0 Å². The van der Waals surface area contributed by atoms with Crippen molar-refractivity contribution in [3.8, 4) is 5.75 Å². The van der Waals surface area contributed by atoms with Gasteiger partial charge in [-0.25, -0.2) is 18.4 Å². The molecule has 2 aromatic carbocycles. The Bertz CT molecular complexity index is 960. The second kappa shape index (κ2) is 8.85. The maximum Gasteiger partial charge on any atom is 0.342 e. The van der Waals surface area contributed by atoms with Gasteiger partial charge in [0, 0.05) is 0 Å². The normalized spacial score (nSPS) is 13.3. The molecule has 2 unspecified atom stereocenters. The molecule has 0 spiro atoms. The van der Waals surface area contributed by atoms with Gasteiger partial charge in [0.05, 0.1) is 18.0 Å². The van der Waals surface area contributed by atoms with Gasteiger partial charge in [0.25, 0.3) is 5.91 Å². The van der Waals surface area contributed by atoms with Crippen LogP contribution in [-0.4, -0.2) is 33.5 Å². The quantitative estimate of drug-likeness (QED) is 0.675. The van der Waals surface area contributed by atoms with Crippen molar-refractivity contribution in [3.05, 3.63) is 59.7 Å². The highest BCUT2D eigenvalue weighted by Gasteiger charge is 2.24. The van der Waals surface area contributed by atoms with Gasteiger partial charge in [0.1, 0.15) is 11.3 Å². The number of methoxy groups -OCH3 is 1. The van der Waals surface area contributed by atoms with Gasteiger partial charge in [0.15, 0.2) is 6.10 Å². The number of benzene rings is 2. The summed E-state index contributed by atoms with van der Waals surface area (Å²) in [5, 5.41) is 7.85. The first-order chi connectivity index (χ1) is 13.1. The third-order valence-electron chi connectivity index (χ3n) is 4.03. The number of ether oxygens (including phenoxy) is 2. The highest BCUT2D eigenvalue weighted by Crippen LogP contribution is 2.23. The molecule has 1 amide bonds. The summed E-state index contributed by atoms with van der Waals surface area (Å²) in [7, 11) is -2.70. The molecule has 2 atom stereocenters. The molecule has 0 radical (unpaired) electrons. The van der Waals surface area contributed by atoms with Crippen LogP contribution in [-0.2, 0) is 19.6 Å². The van der Waals surface area contributed by atoms with Crippen LogP contribution in [0.4, 0.5) is 0 Å². The van der Waals surface area contributed by atoms with Gasteiger partial charge in [-0.2, -0.15) is 0 Å². The number of carbonyl (C=O) groups is 2. The molecule has 0 fully saturated rings. The number of hydrogen-bond acceptors (Lipinski definition) is 6. The molecule has 0 aromatic heterocycles. The molecule has 0 aliphatic rings. The molecule has 2 rings (SSSR count). The predicted molar refractivity (Wildman–Crippen MR) is 102 cm³/mol. The number of hydrogen-bond donors (Lipinski definition) is 2. The Labute approximate surface area is 163 Å². The molecule has 0 aliphatic carbocycles. The zero-order chi connectivity index (χ0) is 20.9. The number of nitrogens with two attached hydrogens (primary N) is 1. The lowest BCUT2D eigenvalue weighted by atomic mass is 10.1. The Kier molecular flexibility index (Phi) is 6.76. The molecule has 150 valence electrons. The maximum atomic E-state index is 12.5. The Morgan fingerprint density at radius 2 is 1.71 bits per heavy atom. The minimum atomic E-state index is -4.02. The van der Waals surface area contributed by atoms with E-state index in [1.165, 1.54) is 26.2 Å². The Balaban J connectivity index is 2.12. The van der Waals surface area contributed by atoms with Crippen LogP contribution in [0, 0.1) is 0 Å². The average molecular weight is 406 g/mol. The molecule has 28 heavy (non-hydrogen) atoms. The molecule has 0 saturated carbocycles. The second-order valence-electron chi connectivity index (χ2n) is 6.10. The Hall–Kier alpha value is -2.91. The first-order valence-corrected chi connectivity index (χ1v) is 9.95. The summed E-state index contributed by atoms with van der Waals surface area (Å²) in [5.74, 6) is -1.30. The largest absolute Gasteiger partial charge is 0.496 e. The van der Waals surface area contributed by atoms with E-state index < -0.39 is 28.0 Å². The first kappa shape index (κ1) is 21.4. The molecule has 9 heteroatoms. The minimum Gasteiger partial charge on any atom is -0.496 e. The lowest BCUT2D eigenvalue weighted by Crippen LogP contribution is -2.37. The molecular formula is C19H22N2O6S. The fourth-order valence-electron chi connectivity index (χ4n) is 2.46. The van der Waals surface area contributed by atoms with Crippen LogP contribution >= 0.6 is 0 Å². The number of primary sulfonamides is 1. The average Bonchev–Trinajstić information content (AvgIpc) is 2.67. The summed E-state index contributed by atoms with van der Waals surface area (Å²) < 4.78 is 33.3. The molecule has 0 aliphatic heterocycles. The lowest BCUT2D eigenvalue weighted by Gasteiger charge is -2.19. The molecule has 0 heterocycles. The van der Waals surface area contributed by atoms with E-state index in [0.29, 0.717) is 0 Å². The van der Waals surface area contributed by atoms with Crippen molar-refractivity contribution in [1.82, 2.24) is 5.32 Å². The fraction of sp³-hybridized carbons (Fsp3) is 0.263. The summed E-state index contributed by atoms with van der Waals surface area (Å²) >= 11 is 0. The molecule has 2 aromatic rings. The van der Waals surface area contributed by atoms with Crippen LogP contribution in [0.15, 0.2) is 53.4 Å². The van der Waals surface area contributed by atoms with Crippen LogP contribution in [0.5, 0.6) is 5.75 Å². The summed E-state index contributed by atoms with van der Waals surface area (Å²) in [4.78, 5) is 24.5. The summed E-state index contributed by atoms with van der Waals surface area (Å²) in [6.07, 6.45) is -1.11. The lowest BCUT2D eigenvalue weighted by molar-refractivity contribution is -0.129. The highest BCUT2D eigenvalue weighted by molar-refractivity contribution is 7.89. The highest BCUT2D eigenvalue weighted by atomic mass is 32.2. The van der Waals surface area contributed by atoms with Crippen molar-refractivity contribution in [2.24, 2.45) is 5.14 Å². The van der Waals surface area contributed by atoms with Crippen molar-refractivity contribution in [2.45, 2.75) is 30.9 Å². The van der Waals surface area contributed by atoms with Gasteiger partial charge in [-0.15, -0.1) is 0 Å². The number of sulfonamides is 1. The number of esters is 1. The molecule has 0 saturated heterocycles. The van der Waals surface area contributed by atoms with Crippen LogP contribution < -0.4 is 15.2 Å². The van der Waals surface area contributed by atoms with Gasteiger partial charge in [-0.05, 0) is 37.6 Å². The molecule has 0 bridgehead atoms. The van der Waals surface area contributed by atoms with Crippen molar-refractivity contribution in [1.29, 1.82) is 0 Å². The van der Waals surface area contributed by atoms with Crippen LogP contribution in [0.1, 0.15) is 35.8 Å². The standard InChI is InChI=1S/C19H22N2O6S/c1-12(14-7-5-4-6-8-14)21-18(22)13(2)27-19(23)16-11-15(28(20,24)25)9-10-17(16)26-3/h4-13H,1-3H3,(H,21,22)(H2,20,24,25). The predicted octanol–water partition coefficient (Wildman–Crippen LogP) is 1.77. The number of nitrogens with one attached hydrogen (secondary N) is 1. The van der Waals surface area contributed by atoms with E-state index in [2.05, 4.69) is 5.32 Å². The third-order valence-corrected chi connectivity index (χ3v) is 4.94. The topological polar surface area (TPSA) is 125 Å². The monoisotopic (exact) mass is 406 g/mol. The van der Waals surface area contributed by atoms with Gasteiger partial charge in [-0.3, -0.25) is 4.79 Å².